The van der Waals surface area contributed by atoms with Gasteiger partial charge in [0.25, 0.3) is 0 Å². The molecule has 5 rings (SSSR count). The van der Waals surface area contributed by atoms with Crippen LogP contribution in [0.25, 0.3) is 0 Å². The lowest BCUT2D eigenvalue weighted by molar-refractivity contribution is -0.115. The van der Waals surface area contributed by atoms with Crippen LogP contribution >= 0.6 is 23.1 Å². The topological polar surface area (TPSA) is 93.9 Å². The number of ketones is 2. The maximum Gasteiger partial charge on any atom is 0.237 e. The lowest BCUT2D eigenvalue weighted by Gasteiger charge is -2.18. The lowest BCUT2D eigenvalue weighted by Crippen LogP contribution is -2.24. The van der Waals surface area contributed by atoms with Crippen LogP contribution < -0.4 is 5.32 Å². The number of thioether (sulfide) groups is 1. The van der Waals surface area contributed by atoms with Crippen molar-refractivity contribution in [1.82, 2.24) is 14.8 Å². The Morgan fingerprint density at radius 2 is 1.71 bits per heavy atom. The number of benzene rings is 2. The second kappa shape index (κ2) is 9.00. The monoisotopic (exact) mass is 488 g/mol. The largest absolute Gasteiger partial charge is 0.325 e. The van der Waals surface area contributed by atoms with Gasteiger partial charge in [-0.05, 0) is 36.6 Å². The molecule has 0 saturated carbocycles. The quantitative estimate of drug-likeness (QED) is 0.357. The van der Waals surface area contributed by atoms with Crippen LogP contribution in [-0.2, 0) is 18.3 Å². The van der Waals surface area contributed by atoms with Gasteiger partial charge in [-0.2, -0.15) is 0 Å². The van der Waals surface area contributed by atoms with Crippen LogP contribution in [0.3, 0.4) is 0 Å². The first-order valence-electron chi connectivity index (χ1n) is 10.6. The number of hydrogen-bond donors (Lipinski definition) is 1. The third-order valence-corrected chi connectivity index (χ3v) is 7.69. The number of hydrogen-bond acceptors (Lipinski definition) is 7. The van der Waals surface area contributed by atoms with Crippen molar-refractivity contribution in [3.8, 4) is 0 Å². The molecule has 0 fully saturated rings. The van der Waals surface area contributed by atoms with Crippen molar-refractivity contribution in [3.63, 3.8) is 0 Å². The van der Waals surface area contributed by atoms with E-state index in [1.807, 2.05) is 23.1 Å². The summed E-state index contributed by atoms with van der Waals surface area (Å²) in [6, 6.07) is 15.7. The number of fused-ring (bicyclic) bond motifs is 2. The van der Waals surface area contributed by atoms with Gasteiger partial charge in [-0.3, -0.25) is 14.4 Å². The SMILES string of the molecule is C[C@H](Sc1nnc(Cc2cccs2)n1C)C(=O)Nc1ccc2c(c1)C(=O)c1ccccc1C2=O. The summed E-state index contributed by atoms with van der Waals surface area (Å²) < 4.78 is 1.90. The third-order valence-electron chi connectivity index (χ3n) is 5.68. The summed E-state index contributed by atoms with van der Waals surface area (Å²) in [4.78, 5) is 39.8. The maximum atomic E-state index is 12.9. The van der Waals surface area contributed by atoms with E-state index in [0.29, 0.717) is 39.5 Å². The summed E-state index contributed by atoms with van der Waals surface area (Å²) in [5, 5.41) is 13.6. The molecule has 0 unspecified atom stereocenters. The fourth-order valence-corrected chi connectivity index (χ4v) is 5.34. The first-order valence-corrected chi connectivity index (χ1v) is 12.4. The molecular weight excluding hydrogens is 468 g/mol. The molecule has 1 aliphatic carbocycles. The van der Waals surface area contributed by atoms with E-state index in [2.05, 4.69) is 21.6 Å². The van der Waals surface area contributed by atoms with Crippen LogP contribution in [0, 0.1) is 0 Å². The molecule has 2 aromatic carbocycles. The van der Waals surface area contributed by atoms with Crippen molar-refractivity contribution in [1.29, 1.82) is 0 Å². The number of anilines is 1. The van der Waals surface area contributed by atoms with Crippen LogP contribution in [0.1, 0.15) is 49.5 Å². The molecule has 1 amide bonds. The molecule has 7 nitrogen and oxygen atoms in total. The van der Waals surface area contributed by atoms with E-state index >= 15 is 0 Å². The predicted octanol–water partition coefficient (Wildman–Crippen LogP) is 4.36. The van der Waals surface area contributed by atoms with Gasteiger partial charge in [-0.15, -0.1) is 21.5 Å². The van der Waals surface area contributed by atoms with Gasteiger partial charge in [0.1, 0.15) is 5.82 Å². The normalized spacial score (nSPS) is 13.4. The minimum atomic E-state index is -0.452. The highest BCUT2D eigenvalue weighted by atomic mass is 32.2. The van der Waals surface area contributed by atoms with Crippen LogP contribution in [0.5, 0.6) is 0 Å². The highest BCUT2D eigenvalue weighted by Crippen LogP contribution is 2.30. The molecule has 2 aromatic heterocycles. The van der Waals surface area contributed by atoms with Gasteiger partial charge in [-0.1, -0.05) is 42.1 Å². The molecule has 0 saturated heterocycles. The number of nitrogens with one attached hydrogen (secondary N) is 1. The highest BCUT2D eigenvalue weighted by Gasteiger charge is 2.29. The molecule has 1 aliphatic rings. The maximum absolute atomic E-state index is 12.9. The summed E-state index contributed by atoms with van der Waals surface area (Å²) in [5.41, 5.74) is 1.90. The van der Waals surface area contributed by atoms with Crippen molar-refractivity contribution in [3.05, 3.63) is 92.9 Å². The molecule has 170 valence electrons. The Balaban J connectivity index is 1.29. The summed E-state index contributed by atoms with van der Waals surface area (Å²) in [5.74, 6) is 0.187. The van der Waals surface area contributed by atoms with E-state index in [-0.39, 0.29) is 17.5 Å². The smallest absolute Gasteiger partial charge is 0.237 e. The van der Waals surface area contributed by atoms with Crippen LogP contribution in [0.2, 0.25) is 0 Å². The first kappa shape index (κ1) is 22.2. The van der Waals surface area contributed by atoms with Crippen LogP contribution in [0.15, 0.2) is 65.1 Å². The summed E-state index contributed by atoms with van der Waals surface area (Å²) in [6.07, 6.45) is 0.688. The molecule has 0 spiro atoms. The molecule has 1 N–H and O–H groups in total. The Kier molecular flexibility index (Phi) is 5.89. The molecular formula is C25H20N4O3S2. The van der Waals surface area contributed by atoms with Gasteiger partial charge < -0.3 is 9.88 Å². The molecule has 4 aromatic rings. The molecule has 1 atom stereocenters. The van der Waals surface area contributed by atoms with Gasteiger partial charge >= 0.3 is 0 Å². The van der Waals surface area contributed by atoms with E-state index in [1.54, 1.807) is 60.7 Å². The minimum Gasteiger partial charge on any atom is -0.325 e. The van der Waals surface area contributed by atoms with E-state index in [1.165, 1.54) is 16.6 Å². The summed E-state index contributed by atoms with van der Waals surface area (Å²) >= 11 is 2.98. The average Bonchev–Trinajstić information content (AvgIpc) is 3.48. The molecule has 0 radical (unpaired) electrons. The summed E-state index contributed by atoms with van der Waals surface area (Å²) in [6.45, 7) is 1.79. The van der Waals surface area contributed by atoms with Crippen LogP contribution in [0.4, 0.5) is 5.69 Å². The van der Waals surface area contributed by atoms with Crippen molar-refractivity contribution >= 4 is 46.3 Å². The number of thiophene rings is 1. The fraction of sp³-hybridized carbons (Fsp3) is 0.160. The second-order valence-corrected chi connectivity index (χ2v) is 10.3. The molecule has 34 heavy (non-hydrogen) atoms. The van der Waals surface area contributed by atoms with E-state index < -0.39 is 5.25 Å². The first-order chi connectivity index (χ1) is 16.4. The van der Waals surface area contributed by atoms with E-state index in [0.717, 1.165) is 5.82 Å². The van der Waals surface area contributed by atoms with Crippen molar-refractivity contribution in [2.75, 3.05) is 5.32 Å². The number of nitrogens with zero attached hydrogens (tertiary/aromatic N) is 3. The Labute approximate surface area is 204 Å². The van der Waals surface area contributed by atoms with Crippen molar-refractivity contribution < 1.29 is 14.4 Å². The number of aromatic nitrogens is 3. The fourth-order valence-electron chi connectivity index (χ4n) is 3.80. The molecule has 2 heterocycles. The standard InChI is InChI=1S/C25H20N4O3S2/c1-14(34-25-28-27-21(29(25)2)13-16-6-5-11-33-16)24(32)26-15-9-10-19-20(12-15)23(31)18-8-4-3-7-17(18)22(19)30/h3-12,14H,13H2,1-2H3,(H,26,32)/t14-/m0/s1. The lowest BCUT2D eigenvalue weighted by atomic mass is 9.84. The van der Waals surface area contributed by atoms with Crippen LogP contribution in [-0.4, -0.2) is 37.5 Å². The molecule has 0 aliphatic heterocycles. The second-order valence-electron chi connectivity index (χ2n) is 7.93. The molecule has 9 heteroatoms. The third kappa shape index (κ3) is 4.08. The van der Waals surface area contributed by atoms with E-state index in [4.69, 9.17) is 0 Å². The minimum absolute atomic E-state index is 0.187. The molecule has 0 bridgehead atoms. The zero-order chi connectivity index (χ0) is 23.8. The van der Waals surface area contributed by atoms with Crippen molar-refractivity contribution in [2.24, 2.45) is 7.05 Å². The van der Waals surface area contributed by atoms with Gasteiger partial charge in [0.05, 0.1) is 5.25 Å². The number of carbonyl (C=O) groups is 3. The van der Waals surface area contributed by atoms with Gasteiger partial charge in [0, 0.05) is 46.3 Å². The Hall–Kier alpha value is -3.56. The average molecular weight is 489 g/mol. The van der Waals surface area contributed by atoms with Gasteiger partial charge in [0.2, 0.25) is 5.91 Å². The van der Waals surface area contributed by atoms with Gasteiger partial charge in [0.15, 0.2) is 16.7 Å². The Morgan fingerprint density at radius 1 is 1.00 bits per heavy atom. The number of carbonyl (C=O) groups excluding carboxylic acids is 3. The zero-order valence-electron chi connectivity index (χ0n) is 18.4. The van der Waals surface area contributed by atoms with E-state index in [9.17, 15) is 14.4 Å². The number of rotatable bonds is 6. The summed E-state index contributed by atoms with van der Waals surface area (Å²) in [7, 11) is 1.89. The Bertz CT molecular complexity index is 1430. The predicted molar refractivity (Wildman–Crippen MR) is 132 cm³/mol. The Morgan fingerprint density at radius 3 is 2.41 bits per heavy atom. The zero-order valence-corrected chi connectivity index (χ0v) is 20.1. The highest BCUT2D eigenvalue weighted by molar-refractivity contribution is 8.00. The van der Waals surface area contributed by atoms with Gasteiger partial charge in [-0.25, -0.2) is 0 Å². The number of amides is 1. The van der Waals surface area contributed by atoms with Crippen molar-refractivity contribution in [2.45, 2.75) is 23.8 Å².